The van der Waals surface area contributed by atoms with Gasteiger partial charge in [-0.2, -0.15) is 18.3 Å². The lowest BCUT2D eigenvalue weighted by Gasteiger charge is -2.10. The van der Waals surface area contributed by atoms with E-state index in [1.807, 2.05) is 0 Å². The largest absolute Gasteiger partial charge is 0.478 e. The van der Waals surface area contributed by atoms with Gasteiger partial charge in [-0.05, 0) is 24.6 Å². The second kappa shape index (κ2) is 4.42. The molecule has 7 heteroatoms. The Morgan fingerprint density at radius 1 is 1.37 bits per heavy atom. The van der Waals surface area contributed by atoms with Crippen molar-refractivity contribution in [2.75, 3.05) is 0 Å². The number of rotatable bonds is 2. The fourth-order valence-electron chi connectivity index (χ4n) is 1.77. The Bertz CT molecular complexity index is 632. The lowest BCUT2D eigenvalue weighted by Crippen LogP contribution is -2.05. The molecule has 100 valence electrons. The molecule has 0 bridgehead atoms. The molecule has 1 aromatic heterocycles. The molecule has 19 heavy (non-hydrogen) atoms. The molecule has 0 saturated carbocycles. The molecule has 0 aliphatic carbocycles. The monoisotopic (exact) mass is 270 g/mol. The lowest BCUT2D eigenvalue weighted by molar-refractivity contribution is -0.137. The summed E-state index contributed by atoms with van der Waals surface area (Å²) in [5.41, 5.74) is 0.0381. The van der Waals surface area contributed by atoms with E-state index >= 15 is 0 Å². The van der Waals surface area contributed by atoms with Crippen LogP contribution in [0.1, 0.15) is 21.5 Å². The molecule has 0 unspecified atom stereocenters. The minimum absolute atomic E-state index is 0.0807. The van der Waals surface area contributed by atoms with Gasteiger partial charge < -0.3 is 5.11 Å². The zero-order chi connectivity index (χ0) is 14.2. The quantitative estimate of drug-likeness (QED) is 0.881. The Kier molecular flexibility index (Phi) is 3.05. The van der Waals surface area contributed by atoms with Crippen LogP contribution in [0.5, 0.6) is 0 Å². The number of aromatic carboxylic acids is 1. The van der Waals surface area contributed by atoms with Crippen LogP contribution in [0.4, 0.5) is 13.2 Å². The smallest absolute Gasteiger partial charge is 0.416 e. The molecule has 0 aliphatic rings. The van der Waals surface area contributed by atoms with Gasteiger partial charge in [-0.1, -0.05) is 6.07 Å². The van der Waals surface area contributed by atoms with Crippen LogP contribution in [0, 0.1) is 6.92 Å². The minimum atomic E-state index is -4.42. The van der Waals surface area contributed by atoms with Gasteiger partial charge in [0, 0.05) is 5.56 Å². The van der Waals surface area contributed by atoms with Gasteiger partial charge in [-0.3, -0.25) is 5.10 Å². The normalized spacial score (nSPS) is 11.6. The third kappa shape index (κ3) is 2.44. The highest BCUT2D eigenvalue weighted by Gasteiger charge is 2.31. The number of carboxylic acids is 1. The molecular formula is C12H9F3N2O2. The number of halogens is 3. The van der Waals surface area contributed by atoms with Crippen molar-refractivity contribution in [3.05, 3.63) is 41.1 Å². The number of carbonyl (C=O) groups is 1. The third-order valence-electron chi connectivity index (χ3n) is 2.69. The van der Waals surface area contributed by atoms with E-state index in [2.05, 4.69) is 10.2 Å². The third-order valence-corrected chi connectivity index (χ3v) is 2.69. The molecule has 0 saturated heterocycles. The van der Waals surface area contributed by atoms with Crippen molar-refractivity contribution in [1.82, 2.24) is 10.2 Å². The Morgan fingerprint density at radius 3 is 2.58 bits per heavy atom. The molecule has 0 spiro atoms. The maximum atomic E-state index is 12.5. The molecular weight excluding hydrogens is 261 g/mol. The Morgan fingerprint density at radius 2 is 2.05 bits per heavy atom. The van der Waals surface area contributed by atoms with E-state index < -0.39 is 17.7 Å². The Hall–Kier alpha value is -2.31. The first-order valence-corrected chi connectivity index (χ1v) is 5.25. The molecule has 2 aromatic rings. The van der Waals surface area contributed by atoms with E-state index in [9.17, 15) is 18.0 Å². The highest BCUT2D eigenvalue weighted by Crippen LogP contribution is 2.33. The number of hydrogen-bond donors (Lipinski definition) is 2. The van der Waals surface area contributed by atoms with E-state index in [0.717, 1.165) is 18.3 Å². The van der Waals surface area contributed by atoms with Crippen molar-refractivity contribution in [3.8, 4) is 11.3 Å². The first kappa shape index (κ1) is 13.1. The summed E-state index contributed by atoms with van der Waals surface area (Å²) in [6, 6.07) is 3.12. The fraction of sp³-hybridized carbons (Fsp3) is 0.167. The molecule has 0 aliphatic heterocycles. The highest BCUT2D eigenvalue weighted by molar-refractivity contribution is 5.94. The van der Waals surface area contributed by atoms with Gasteiger partial charge in [0.25, 0.3) is 0 Å². The molecule has 1 aromatic carbocycles. The van der Waals surface area contributed by atoms with Crippen molar-refractivity contribution in [1.29, 1.82) is 0 Å². The molecule has 2 N–H and O–H groups in total. The van der Waals surface area contributed by atoms with Crippen LogP contribution in [0.15, 0.2) is 24.4 Å². The van der Waals surface area contributed by atoms with E-state index in [1.165, 1.54) is 13.0 Å². The van der Waals surface area contributed by atoms with Crippen LogP contribution in [0.3, 0.4) is 0 Å². The summed E-state index contributed by atoms with van der Waals surface area (Å²) in [6.07, 6.45) is -3.30. The maximum Gasteiger partial charge on any atom is 0.416 e. The van der Waals surface area contributed by atoms with Gasteiger partial charge in [0.15, 0.2) is 0 Å². The predicted molar refractivity (Wildman–Crippen MR) is 60.7 cm³/mol. The van der Waals surface area contributed by atoms with Gasteiger partial charge in [-0.25, -0.2) is 4.79 Å². The highest BCUT2D eigenvalue weighted by atomic mass is 19.4. The van der Waals surface area contributed by atoms with Gasteiger partial charge in [0.1, 0.15) is 5.56 Å². The molecule has 4 nitrogen and oxygen atoms in total. The summed E-state index contributed by atoms with van der Waals surface area (Å²) >= 11 is 0. The van der Waals surface area contributed by atoms with Gasteiger partial charge in [0.2, 0.25) is 0 Å². The van der Waals surface area contributed by atoms with Crippen LogP contribution >= 0.6 is 0 Å². The number of nitrogens with zero attached hydrogens (tertiary/aromatic N) is 1. The molecule has 0 radical (unpaired) electrons. The van der Waals surface area contributed by atoms with Crippen molar-refractivity contribution < 1.29 is 23.1 Å². The summed E-state index contributed by atoms with van der Waals surface area (Å²) < 4.78 is 37.6. The SMILES string of the molecule is Cc1cc(C(F)(F)F)ccc1-c1[nH]ncc1C(=O)O. The topological polar surface area (TPSA) is 66.0 Å². The summed E-state index contributed by atoms with van der Waals surface area (Å²) in [5, 5.41) is 15.0. The second-order valence-corrected chi connectivity index (χ2v) is 3.99. The number of aryl methyl sites for hydroxylation is 1. The number of benzene rings is 1. The van der Waals surface area contributed by atoms with E-state index in [4.69, 9.17) is 5.11 Å². The molecule has 1 heterocycles. The summed E-state index contributed by atoms with van der Waals surface area (Å²) in [4.78, 5) is 11.0. The Labute approximate surface area is 105 Å². The standard InChI is InChI=1S/C12H9F3N2O2/c1-6-4-7(12(13,14)15)2-3-8(6)10-9(11(18)19)5-16-17-10/h2-5H,1H3,(H,16,17)(H,18,19). The van der Waals surface area contributed by atoms with Gasteiger partial charge in [0.05, 0.1) is 17.5 Å². The average Bonchev–Trinajstić information content (AvgIpc) is 2.76. The first-order chi connectivity index (χ1) is 8.80. The van der Waals surface area contributed by atoms with Crippen molar-refractivity contribution in [2.24, 2.45) is 0 Å². The lowest BCUT2D eigenvalue weighted by atomic mass is 10.00. The number of H-pyrrole nitrogens is 1. The predicted octanol–water partition coefficient (Wildman–Crippen LogP) is 3.10. The number of aromatic nitrogens is 2. The number of aromatic amines is 1. The Balaban J connectivity index is 2.53. The van der Waals surface area contributed by atoms with Crippen LogP contribution in [-0.2, 0) is 6.18 Å². The summed E-state index contributed by atoms with van der Waals surface area (Å²) in [7, 11) is 0. The van der Waals surface area contributed by atoms with E-state index in [0.29, 0.717) is 11.1 Å². The maximum absolute atomic E-state index is 12.5. The van der Waals surface area contributed by atoms with Crippen LogP contribution in [0.2, 0.25) is 0 Å². The van der Waals surface area contributed by atoms with Crippen LogP contribution in [-0.4, -0.2) is 21.3 Å². The van der Waals surface area contributed by atoms with Crippen molar-refractivity contribution in [2.45, 2.75) is 13.1 Å². The summed E-state index contributed by atoms with van der Waals surface area (Å²) in [6.45, 7) is 1.48. The number of alkyl halides is 3. The van der Waals surface area contributed by atoms with Crippen molar-refractivity contribution >= 4 is 5.97 Å². The zero-order valence-corrected chi connectivity index (χ0v) is 9.75. The van der Waals surface area contributed by atoms with E-state index in [-0.39, 0.29) is 11.3 Å². The summed E-state index contributed by atoms with van der Waals surface area (Å²) in [5.74, 6) is -1.19. The zero-order valence-electron chi connectivity index (χ0n) is 9.75. The fourth-order valence-corrected chi connectivity index (χ4v) is 1.77. The van der Waals surface area contributed by atoms with Crippen LogP contribution in [0.25, 0.3) is 11.3 Å². The molecule has 2 rings (SSSR count). The minimum Gasteiger partial charge on any atom is -0.478 e. The van der Waals surface area contributed by atoms with Gasteiger partial charge >= 0.3 is 12.1 Å². The number of carboxylic acid groups (broad SMARTS) is 1. The van der Waals surface area contributed by atoms with Crippen LogP contribution < -0.4 is 0 Å². The van der Waals surface area contributed by atoms with E-state index in [1.54, 1.807) is 0 Å². The number of hydrogen-bond acceptors (Lipinski definition) is 2. The molecule has 0 fully saturated rings. The van der Waals surface area contributed by atoms with Crippen molar-refractivity contribution in [3.63, 3.8) is 0 Å². The number of nitrogens with one attached hydrogen (secondary N) is 1. The average molecular weight is 270 g/mol. The second-order valence-electron chi connectivity index (χ2n) is 3.99. The van der Waals surface area contributed by atoms with Gasteiger partial charge in [-0.15, -0.1) is 0 Å². The molecule has 0 atom stereocenters. The molecule has 0 amide bonds. The first-order valence-electron chi connectivity index (χ1n) is 5.25.